The Morgan fingerprint density at radius 2 is 2.17 bits per heavy atom. The van der Waals surface area contributed by atoms with E-state index in [4.69, 9.17) is 15.9 Å². The minimum atomic E-state index is -1.46. The van der Waals surface area contributed by atoms with E-state index in [-0.39, 0.29) is 6.54 Å². The molecule has 12 heavy (non-hydrogen) atoms. The summed E-state index contributed by atoms with van der Waals surface area (Å²) in [5.74, 6) is -0.916. The molecule has 0 aromatic carbocycles. The van der Waals surface area contributed by atoms with Crippen molar-refractivity contribution in [1.82, 2.24) is 5.32 Å². The molecule has 0 radical (unpaired) electrons. The second-order valence-electron chi connectivity index (χ2n) is 2.84. The number of rotatable bonds is 2. The maximum Gasteiger partial charge on any atom is 0.248 e. The Labute approximate surface area is 69.0 Å². The Morgan fingerprint density at radius 1 is 1.58 bits per heavy atom. The van der Waals surface area contributed by atoms with Crippen molar-refractivity contribution >= 4 is 5.91 Å². The lowest BCUT2D eigenvalue weighted by Crippen LogP contribution is -2.49. The molecule has 0 unspecified atom stereocenters. The van der Waals surface area contributed by atoms with Gasteiger partial charge in [-0.25, -0.2) is 0 Å². The summed E-state index contributed by atoms with van der Waals surface area (Å²) in [7, 11) is 0. The van der Waals surface area contributed by atoms with Crippen molar-refractivity contribution in [2.75, 3.05) is 6.54 Å². The van der Waals surface area contributed by atoms with Crippen LogP contribution in [0.15, 0.2) is 0 Å². The van der Waals surface area contributed by atoms with Crippen molar-refractivity contribution in [3.8, 4) is 0 Å². The lowest BCUT2D eigenvalue weighted by atomic mass is 10.1. The van der Waals surface area contributed by atoms with Crippen LogP contribution in [0.25, 0.3) is 0 Å². The molecular formula is C6H12N2O4. The molecule has 4 atom stereocenters. The zero-order valence-electron chi connectivity index (χ0n) is 6.34. The largest absolute Gasteiger partial charge is 0.389 e. The Balaban J connectivity index is 2.59. The van der Waals surface area contributed by atoms with Crippen molar-refractivity contribution in [3.63, 3.8) is 0 Å². The van der Waals surface area contributed by atoms with Crippen molar-refractivity contribution in [2.24, 2.45) is 5.73 Å². The van der Waals surface area contributed by atoms with Crippen LogP contribution < -0.4 is 11.1 Å². The number of primary amides is 1. The normalized spacial score (nSPS) is 38.1. The second-order valence-corrected chi connectivity index (χ2v) is 2.84. The van der Waals surface area contributed by atoms with Crippen molar-refractivity contribution in [3.05, 3.63) is 0 Å². The Kier molecular flexibility index (Phi) is 2.63. The Hall–Kier alpha value is -0.690. The molecule has 1 heterocycles. The third-order valence-electron chi connectivity index (χ3n) is 1.96. The van der Waals surface area contributed by atoms with E-state index in [2.05, 4.69) is 5.32 Å². The molecule has 1 fully saturated rings. The smallest absolute Gasteiger partial charge is 0.248 e. The van der Waals surface area contributed by atoms with E-state index in [9.17, 15) is 9.90 Å². The number of carbonyl (C=O) groups is 1. The first-order valence-corrected chi connectivity index (χ1v) is 3.61. The number of amides is 1. The molecule has 1 aliphatic heterocycles. The van der Waals surface area contributed by atoms with Crippen LogP contribution in [0.4, 0.5) is 0 Å². The fraction of sp³-hybridized carbons (Fsp3) is 0.833. The van der Waals surface area contributed by atoms with Gasteiger partial charge in [-0.15, -0.1) is 0 Å². The van der Waals surface area contributed by atoms with Crippen LogP contribution in [0.5, 0.6) is 0 Å². The monoisotopic (exact) mass is 176 g/mol. The van der Waals surface area contributed by atoms with Crippen molar-refractivity contribution in [2.45, 2.75) is 24.4 Å². The standard InChI is InChI=1S/C6H12N2O4/c7-6(12)5(11)3-4(10)2(9)1-8-3/h2-5,8-11H,1H2,(H2,7,12)/t2-,3-,4-,5+/m1/s1. The first-order chi connectivity index (χ1) is 5.54. The molecule has 1 amide bonds. The summed E-state index contributed by atoms with van der Waals surface area (Å²) in [4.78, 5) is 10.5. The fourth-order valence-electron chi connectivity index (χ4n) is 1.21. The molecule has 0 aromatic rings. The van der Waals surface area contributed by atoms with E-state index in [1.165, 1.54) is 0 Å². The summed E-state index contributed by atoms with van der Waals surface area (Å²) >= 11 is 0. The van der Waals surface area contributed by atoms with Crippen LogP contribution in [0, 0.1) is 0 Å². The van der Waals surface area contributed by atoms with Crippen LogP contribution in [-0.4, -0.2) is 52.1 Å². The number of hydrogen-bond donors (Lipinski definition) is 5. The molecule has 0 aromatic heterocycles. The Bertz CT molecular complexity index is 186. The van der Waals surface area contributed by atoms with Gasteiger partial charge in [0.1, 0.15) is 6.10 Å². The maximum absolute atomic E-state index is 10.5. The van der Waals surface area contributed by atoms with E-state index in [0.29, 0.717) is 0 Å². The number of hydrogen-bond acceptors (Lipinski definition) is 5. The molecule has 1 aliphatic rings. The highest BCUT2D eigenvalue weighted by Gasteiger charge is 2.39. The van der Waals surface area contributed by atoms with E-state index in [1.54, 1.807) is 0 Å². The predicted molar refractivity (Wildman–Crippen MR) is 39.0 cm³/mol. The summed E-state index contributed by atoms with van der Waals surface area (Å²) in [5.41, 5.74) is 4.80. The molecule has 6 N–H and O–H groups in total. The average Bonchev–Trinajstić information content (AvgIpc) is 2.32. The minimum absolute atomic E-state index is 0.149. The Morgan fingerprint density at radius 3 is 2.50 bits per heavy atom. The molecule has 6 heteroatoms. The van der Waals surface area contributed by atoms with Gasteiger partial charge in [0.2, 0.25) is 5.91 Å². The van der Waals surface area contributed by atoms with Gasteiger partial charge in [-0.3, -0.25) is 4.79 Å². The number of aliphatic hydroxyl groups is 3. The summed E-state index contributed by atoms with van der Waals surface area (Å²) in [6, 6.07) is -0.863. The summed E-state index contributed by atoms with van der Waals surface area (Å²) < 4.78 is 0. The molecule has 6 nitrogen and oxygen atoms in total. The summed E-state index contributed by atoms with van der Waals surface area (Å²) in [6.45, 7) is 0.149. The number of β-amino-alcohol motifs (C(OH)–C–C–N with tert-alkyl or cyclic N) is 1. The lowest BCUT2D eigenvalue weighted by Gasteiger charge is -2.19. The highest BCUT2D eigenvalue weighted by molar-refractivity contribution is 5.79. The third kappa shape index (κ3) is 1.56. The van der Waals surface area contributed by atoms with E-state index < -0.39 is 30.3 Å². The molecule has 0 spiro atoms. The van der Waals surface area contributed by atoms with Crippen LogP contribution in [0.3, 0.4) is 0 Å². The molecule has 1 saturated heterocycles. The van der Waals surface area contributed by atoms with Gasteiger partial charge in [0.25, 0.3) is 0 Å². The zero-order valence-corrected chi connectivity index (χ0v) is 6.34. The van der Waals surface area contributed by atoms with E-state index in [1.807, 2.05) is 0 Å². The highest BCUT2D eigenvalue weighted by Crippen LogP contribution is 2.10. The zero-order chi connectivity index (χ0) is 9.30. The van der Waals surface area contributed by atoms with Crippen LogP contribution in [0.2, 0.25) is 0 Å². The summed E-state index contributed by atoms with van der Waals surface area (Å²) in [5, 5.41) is 29.9. The molecular weight excluding hydrogens is 164 g/mol. The third-order valence-corrected chi connectivity index (χ3v) is 1.96. The van der Waals surface area contributed by atoms with Gasteiger partial charge in [-0.2, -0.15) is 0 Å². The fourth-order valence-corrected chi connectivity index (χ4v) is 1.21. The van der Waals surface area contributed by atoms with Gasteiger partial charge in [-0.05, 0) is 0 Å². The highest BCUT2D eigenvalue weighted by atomic mass is 16.3. The van der Waals surface area contributed by atoms with Crippen LogP contribution in [0.1, 0.15) is 0 Å². The van der Waals surface area contributed by atoms with E-state index in [0.717, 1.165) is 0 Å². The molecule has 1 rings (SSSR count). The van der Waals surface area contributed by atoms with Gasteiger partial charge in [-0.1, -0.05) is 0 Å². The number of nitrogens with one attached hydrogen (secondary N) is 1. The minimum Gasteiger partial charge on any atom is -0.389 e. The topological polar surface area (TPSA) is 116 Å². The molecule has 0 aliphatic carbocycles. The molecule has 70 valence electrons. The van der Waals surface area contributed by atoms with Gasteiger partial charge in [0.15, 0.2) is 0 Å². The molecule has 0 saturated carbocycles. The second kappa shape index (κ2) is 3.36. The van der Waals surface area contributed by atoms with Crippen molar-refractivity contribution in [1.29, 1.82) is 0 Å². The van der Waals surface area contributed by atoms with Crippen LogP contribution in [-0.2, 0) is 4.79 Å². The first kappa shape index (κ1) is 9.40. The average molecular weight is 176 g/mol. The molecule has 0 bridgehead atoms. The van der Waals surface area contributed by atoms with Gasteiger partial charge in [0, 0.05) is 6.54 Å². The number of nitrogens with two attached hydrogens (primary N) is 1. The number of aliphatic hydroxyl groups excluding tert-OH is 3. The lowest BCUT2D eigenvalue weighted by molar-refractivity contribution is -0.129. The summed E-state index contributed by atoms with van der Waals surface area (Å²) in [6.07, 6.45) is -3.56. The predicted octanol–water partition coefficient (Wildman–Crippen LogP) is -3.47. The number of carbonyl (C=O) groups excluding carboxylic acids is 1. The van der Waals surface area contributed by atoms with Gasteiger partial charge >= 0.3 is 0 Å². The first-order valence-electron chi connectivity index (χ1n) is 3.61. The van der Waals surface area contributed by atoms with Crippen molar-refractivity contribution < 1.29 is 20.1 Å². The quantitative estimate of drug-likeness (QED) is 0.300. The van der Waals surface area contributed by atoms with Crippen LogP contribution >= 0.6 is 0 Å². The van der Waals surface area contributed by atoms with Gasteiger partial charge < -0.3 is 26.4 Å². The SMILES string of the molecule is NC(=O)[C@@H](O)[C@@H]1NC[C@@H](O)[C@H]1O. The van der Waals surface area contributed by atoms with E-state index >= 15 is 0 Å². The van der Waals surface area contributed by atoms with Gasteiger partial charge in [0.05, 0.1) is 18.2 Å². The maximum atomic E-state index is 10.5.